The predicted octanol–water partition coefficient (Wildman–Crippen LogP) is 5.43. The van der Waals surface area contributed by atoms with Crippen molar-refractivity contribution in [3.05, 3.63) is 68.9 Å². The monoisotopic (exact) mass is 386 g/mol. The van der Waals surface area contributed by atoms with Gasteiger partial charge in [-0.05, 0) is 41.8 Å². The van der Waals surface area contributed by atoms with Crippen LogP contribution in [0.4, 0.5) is 0 Å². The number of esters is 1. The second-order valence-electron chi connectivity index (χ2n) is 5.27. The van der Waals surface area contributed by atoms with Crippen molar-refractivity contribution in [3.63, 3.8) is 0 Å². The van der Waals surface area contributed by atoms with Crippen LogP contribution in [-0.4, -0.2) is 15.9 Å². The summed E-state index contributed by atoms with van der Waals surface area (Å²) in [7, 11) is 0. The summed E-state index contributed by atoms with van der Waals surface area (Å²) in [6, 6.07) is 10.7. The first kappa shape index (κ1) is 16.2. The van der Waals surface area contributed by atoms with E-state index in [1.54, 1.807) is 46.9 Å². The highest BCUT2D eigenvalue weighted by atomic mass is 35.5. The molecule has 124 valence electrons. The number of thiophene rings is 1. The first-order chi connectivity index (χ1) is 12.2. The lowest BCUT2D eigenvalue weighted by molar-refractivity contribution is 0.0468. The second-order valence-corrected chi connectivity index (χ2v) is 7.30. The molecule has 0 unspecified atom stereocenters. The molecule has 0 aliphatic carbocycles. The molecular formula is C18H11ClN2O2S2. The molecule has 0 bridgehead atoms. The van der Waals surface area contributed by atoms with Gasteiger partial charge in [0.1, 0.15) is 16.8 Å². The summed E-state index contributed by atoms with van der Waals surface area (Å²) in [6.45, 7) is 0.149. The predicted molar refractivity (Wildman–Crippen MR) is 101 cm³/mol. The molecule has 0 spiro atoms. The minimum atomic E-state index is -0.387. The normalized spacial score (nSPS) is 10.9. The highest BCUT2D eigenvalue weighted by Gasteiger charge is 2.11. The number of fused-ring (bicyclic) bond motifs is 1. The van der Waals surface area contributed by atoms with Crippen molar-refractivity contribution in [1.82, 2.24) is 9.97 Å². The minimum Gasteiger partial charge on any atom is -0.456 e. The van der Waals surface area contributed by atoms with Gasteiger partial charge in [-0.1, -0.05) is 11.6 Å². The fraction of sp³-hybridized carbons (Fsp3) is 0.0556. The van der Waals surface area contributed by atoms with Crippen molar-refractivity contribution in [2.24, 2.45) is 0 Å². The largest absolute Gasteiger partial charge is 0.456 e. The number of thiazole rings is 1. The third-order valence-electron chi connectivity index (χ3n) is 3.56. The minimum absolute atomic E-state index is 0.149. The number of ether oxygens (including phenoxy) is 1. The fourth-order valence-electron chi connectivity index (χ4n) is 2.34. The van der Waals surface area contributed by atoms with Crippen molar-refractivity contribution >= 4 is 51.1 Å². The number of rotatable bonds is 4. The summed E-state index contributed by atoms with van der Waals surface area (Å²) in [6.07, 6.45) is 0. The molecule has 3 aromatic heterocycles. The first-order valence-electron chi connectivity index (χ1n) is 7.39. The van der Waals surface area contributed by atoms with E-state index in [0.717, 1.165) is 27.2 Å². The SMILES string of the molecule is O=C(OCc1csc(-c2ccsc2)n1)c1ccc2nc(Cl)ccc2c1. The van der Waals surface area contributed by atoms with E-state index in [4.69, 9.17) is 16.3 Å². The third kappa shape index (κ3) is 3.56. The molecule has 0 aliphatic heterocycles. The van der Waals surface area contributed by atoms with E-state index in [2.05, 4.69) is 9.97 Å². The Kier molecular flexibility index (Phi) is 4.48. The quantitative estimate of drug-likeness (QED) is 0.346. The Labute approximate surface area is 156 Å². The Morgan fingerprint density at radius 2 is 2.04 bits per heavy atom. The molecular weight excluding hydrogens is 376 g/mol. The van der Waals surface area contributed by atoms with Gasteiger partial charge in [-0.3, -0.25) is 0 Å². The summed E-state index contributed by atoms with van der Waals surface area (Å²) in [5, 5.41) is 8.16. The molecule has 0 radical (unpaired) electrons. The summed E-state index contributed by atoms with van der Waals surface area (Å²) in [4.78, 5) is 21.0. The highest BCUT2D eigenvalue weighted by molar-refractivity contribution is 7.14. The van der Waals surface area contributed by atoms with Gasteiger partial charge in [-0.2, -0.15) is 11.3 Å². The smallest absolute Gasteiger partial charge is 0.338 e. The zero-order chi connectivity index (χ0) is 17.2. The van der Waals surface area contributed by atoms with Gasteiger partial charge in [-0.25, -0.2) is 14.8 Å². The van der Waals surface area contributed by atoms with E-state index in [0.29, 0.717) is 10.7 Å². The Balaban J connectivity index is 1.46. The van der Waals surface area contributed by atoms with E-state index in [9.17, 15) is 4.79 Å². The molecule has 4 nitrogen and oxygen atoms in total. The van der Waals surface area contributed by atoms with Crippen LogP contribution < -0.4 is 0 Å². The number of hydrogen-bond donors (Lipinski definition) is 0. The molecule has 0 aliphatic rings. The number of benzene rings is 1. The molecule has 0 saturated carbocycles. The molecule has 1 aromatic carbocycles. The lowest BCUT2D eigenvalue weighted by Crippen LogP contribution is -2.05. The number of carbonyl (C=O) groups is 1. The van der Waals surface area contributed by atoms with Crippen LogP contribution in [0.3, 0.4) is 0 Å². The van der Waals surface area contributed by atoms with Crippen molar-refractivity contribution < 1.29 is 9.53 Å². The van der Waals surface area contributed by atoms with Gasteiger partial charge in [-0.15, -0.1) is 11.3 Å². The van der Waals surface area contributed by atoms with Gasteiger partial charge in [0.2, 0.25) is 0 Å². The van der Waals surface area contributed by atoms with Crippen LogP contribution in [0.25, 0.3) is 21.5 Å². The lowest BCUT2D eigenvalue weighted by atomic mass is 10.1. The maximum atomic E-state index is 12.3. The molecule has 3 heterocycles. The van der Waals surface area contributed by atoms with Gasteiger partial charge >= 0.3 is 5.97 Å². The van der Waals surface area contributed by atoms with Crippen LogP contribution in [0.5, 0.6) is 0 Å². The van der Waals surface area contributed by atoms with Crippen molar-refractivity contribution in [2.45, 2.75) is 6.61 Å². The molecule has 25 heavy (non-hydrogen) atoms. The van der Waals surface area contributed by atoms with E-state index >= 15 is 0 Å². The van der Waals surface area contributed by atoms with Gasteiger partial charge in [0.15, 0.2) is 0 Å². The first-order valence-corrected chi connectivity index (χ1v) is 9.59. The van der Waals surface area contributed by atoms with Crippen LogP contribution in [0.2, 0.25) is 5.15 Å². The van der Waals surface area contributed by atoms with E-state index < -0.39 is 0 Å². The maximum absolute atomic E-state index is 12.3. The molecule has 0 saturated heterocycles. The van der Waals surface area contributed by atoms with Gasteiger partial charge in [0.05, 0.1) is 16.8 Å². The second kappa shape index (κ2) is 6.92. The fourth-order valence-corrected chi connectivity index (χ4v) is 4.01. The van der Waals surface area contributed by atoms with Gasteiger partial charge in [0, 0.05) is 21.7 Å². The maximum Gasteiger partial charge on any atom is 0.338 e. The van der Waals surface area contributed by atoms with Crippen molar-refractivity contribution in [3.8, 4) is 10.6 Å². The van der Waals surface area contributed by atoms with E-state index in [1.165, 1.54) is 0 Å². The van der Waals surface area contributed by atoms with Crippen LogP contribution in [0.15, 0.2) is 52.5 Å². The Morgan fingerprint density at radius 3 is 2.88 bits per heavy atom. The molecule has 0 fully saturated rings. The standard InChI is InChI=1S/C18H11ClN2O2S2/c19-16-4-2-11-7-12(1-3-15(11)21-16)18(22)23-8-14-10-25-17(20-14)13-5-6-24-9-13/h1-7,9-10H,8H2. The van der Waals surface area contributed by atoms with Gasteiger partial charge < -0.3 is 4.74 Å². The summed E-state index contributed by atoms with van der Waals surface area (Å²) in [5.74, 6) is -0.387. The molecule has 7 heteroatoms. The Hall–Kier alpha value is -2.28. The highest BCUT2D eigenvalue weighted by Crippen LogP contribution is 2.26. The molecule has 0 N–H and O–H groups in total. The van der Waals surface area contributed by atoms with Crippen LogP contribution >= 0.6 is 34.3 Å². The number of carbonyl (C=O) groups excluding carboxylic acids is 1. The van der Waals surface area contributed by atoms with Crippen LogP contribution in [0, 0.1) is 0 Å². The number of halogens is 1. The zero-order valence-corrected chi connectivity index (χ0v) is 15.2. The number of aromatic nitrogens is 2. The lowest BCUT2D eigenvalue weighted by Gasteiger charge is -2.04. The van der Waals surface area contributed by atoms with E-state index in [1.807, 2.05) is 28.3 Å². The summed E-state index contributed by atoms with van der Waals surface area (Å²) < 4.78 is 5.38. The molecule has 4 aromatic rings. The van der Waals surface area contributed by atoms with Crippen molar-refractivity contribution in [1.29, 1.82) is 0 Å². The topological polar surface area (TPSA) is 52.1 Å². The van der Waals surface area contributed by atoms with Crippen LogP contribution in [-0.2, 0) is 11.3 Å². The number of nitrogens with zero attached hydrogens (tertiary/aromatic N) is 2. The number of hydrogen-bond acceptors (Lipinski definition) is 6. The zero-order valence-electron chi connectivity index (χ0n) is 12.8. The average molecular weight is 387 g/mol. The third-order valence-corrected chi connectivity index (χ3v) is 5.40. The van der Waals surface area contributed by atoms with Gasteiger partial charge in [0.25, 0.3) is 0 Å². The summed E-state index contributed by atoms with van der Waals surface area (Å²) in [5.41, 5.74) is 3.05. The van der Waals surface area contributed by atoms with Crippen LogP contribution in [0.1, 0.15) is 16.1 Å². The van der Waals surface area contributed by atoms with Crippen molar-refractivity contribution in [2.75, 3.05) is 0 Å². The van der Waals surface area contributed by atoms with E-state index in [-0.39, 0.29) is 12.6 Å². The average Bonchev–Trinajstić information content (AvgIpc) is 3.30. The summed E-state index contributed by atoms with van der Waals surface area (Å²) >= 11 is 9.04. The Morgan fingerprint density at radius 1 is 1.12 bits per heavy atom. The Bertz CT molecular complexity index is 1040. The molecule has 0 atom stereocenters. The number of pyridine rings is 1. The molecule has 0 amide bonds. The molecule has 4 rings (SSSR count).